The summed E-state index contributed by atoms with van der Waals surface area (Å²) in [6.07, 6.45) is 0. The number of hydrogen-bond donors (Lipinski definition) is 0. The minimum atomic E-state index is -0.459. The van der Waals surface area contributed by atoms with E-state index in [2.05, 4.69) is 15.9 Å². The smallest absolute Gasteiger partial charge is 0.311 e. The highest BCUT2D eigenvalue weighted by Gasteiger charge is 2.22. The van der Waals surface area contributed by atoms with Gasteiger partial charge in [0.1, 0.15) is 0 Å². The van der Waals surface area contributed by atoms with Gasteiger partial charge in [-0.3, -0.25) is 10.1 Å². The van der Waals surface area contributed by atoms with Crippen LogP contribution in [0.15, 0.2) is 16.6 Å². The molecule has 0 amide bonds. The molecule has 0 spiro atoms. The predicted octanol–water partition coefficient (Wildman–Crippen LogP) is 2.41. The van der Waals surface area contributed by atoms with Crippen molar-refractivity contribution in [3.8, 4) is 5.75 Å². The van der Waals surface area contributed by atoms with E-state index in [1.54, 1.807) is 13.0 Å². The van der Waals surface area contributed by atoms with Crippen LogP contribution in [0.3, 0.4) is 0 Å². The third kappa shape index (κ3) is 3.23. The van der Waals surface area contributed by atoms with Crippen molar-refractivity contribution in [1.29, 1.82) is 0 Å². The number of ether oxygens (including phenoxy) is 1. The minimum absolute atomic E-state index is 0.00405. The summed E-state index contributed by atoms with van der Waals surface area (Å²) < 4.78 is 6.36. The van der Waals surface area contributed by atoms with E-state index in [0.29, 0.717) is 0 Å². The monoisotopic (exact) mass is 285 g/mol. The van der Waals surface area contributed by atoms with Gasteiger partial charge in [-0.05, 0) is 26.3 Å². The first-order chi connectivity index (χ1) is 7.20. The van der Waals surface area contributed by atoms with Gasteiger partial charge in [-0.2, -0.15) is 0 Å². The van der Waals surface area contributed by atoms with Gasteiger partial charge in [0.15, 0.2) is 13.6 Å². The molecule has 0 aromatic heterocycles. The molecule has 0 aliphatic rings. The van der Waals surface area contributed by atoms with E-state index in [4.69, 9.17) is 4.74 Å². The molecule has 0 aliphatic heterocycles. The molecule has 0 aliphatic carbocycles. The van der Waals surface area contributed by atoms with Gasteiger partial charge in [0.25, 0.3) is 0 Å². The average molecular weight is 286 g/mol. The zero-order valence-corrected chi connectivity index (χ0v) is 11.3. The van der Waals surface area contributed by atoms with Crippen molar-refractivity contribution < 1.29 is 9.66 Å². The van der Waals surface area contributed by atoms with Crippen molar-refractivity contribution in [3.05, 3.63) is 32.3 Å². The molecule has 0 atom stereocenters. The Morgan fingerprint density at radius 1 is 1.50 bits per heavy atom. The Bertz CT molecular complexity index is 429. The van der Waals surface area contributed by atoms with E-state index in [0.717, 1.165) is 10.0 Å². The van der Waals surface area contributed by atoms with Crippen molar-refractivity contribution in [2.45, 2.75) is 26.3 Å². The first kappa shape index (κ1) is 13.0. The summed E-state index contributed by atoms with van der Waals surface area (Å²) in [6, 6.07) is 3.14. The number of hydrogen-bond acceptors (Lipinski definition) is 3. The van der Waals surface area contributed by atoms with Crippen LogP contribution in [0, 0.1) is 17.0 Å². The Morgan fingerprint density at radius 3 is 2.50 bits per heavy atom. The first-order valence-electron chi connectivity index (χ1n) is 4.84. The molecular formula is C10H13BBrNO3. The lowest BCUT2D eigenvalue weighted by atomic mass is 9.86. The molecule has 0 saturated carbocycles. The third-order valence-electron chi connectivity index (χ3n) is 1.85. The lowest BCUT2D eigenvalue weighted by Gasteiger charge is -2.21. The molecule has 1 aromatic rings. The quantitative estimate of drug-likeness (QED) is 0.487. The van der Waals surface area contributed by atoms with E-state index in [-0.39, 0.29) is 11.4 Å². The Labute approximate surface area is 104 Å². The largest absolute Gasteiger partial charge is 0.491 e. The summed E-state index contributed by atoms with van der Waals surface area (Å²) in [4.78, 5) is 10.5. The second-order valence-electron chi connectivity index (χ2n) is 4.54. The Balaban J connectivity index is 3.25. The Kier molecular flexibility index (Phi) is 3.63. The minimum Gasteiger partial charge on any atom is -0.491 e. The zero-order valence-electron chi connectivity index (χ0n) is 9.70. The summed E-state index contributed by atoms with van der Waals surface area (Å²) in [6.45, 7) is 5.51. The molecule has 0 heterocycles. The third-order valence-corrected chi connectivity index (χ3v) is 2.71. The second-order valence-corrected chi connectivity index (χ2v) is 5.39. The van der Waals surface area contributed by atoms with E-state index in [9.17, 15) is 10.1 Å². The van der Waals surface area contributed by atoms with Crippen LogP contribution in [-0.4, -0.2) is 18.3 Å². The highest BCUT2D eigenvalue weighted by molar-refractivity contribution is 9.10. The SMILES string of the molecule is BC(C)(C)Oc1cc(Br)c(C)cc1[N+](=O)[O-]. The summed E-state index contributed by atoms with van der Waals surface area (Å²) in [5.41, 5.74) is 0.350. The topological polar surface area (TPSA) is 52.4 Å². The van der Waals surface area contributed by atoms with Gasteiger partial charge in [0, 0.05) is 16.6 Å². The first-order valence-corrected chi connectivity index (χ1v) is 5.63. The molecule has 1 rings (SSSR count). The van der Waals surface area contributed by atoms with E-state index >= 15 is 0 Å². The van der Waals surface area contributed by atoms with E-state index < -0.39 is 10.4 Å². The van der Waals surface area contributed by atoms with E-state index in [1.165, 1.54) is 6.07 Å². The highest BCUT2D eigenvalue weighted by Crippen LogP contribution is 2.34. The van der Waals surface area contributed by atoms with Gasteiger partial charge in [-0.15, -0.1) is 0 Å². The maximum Gasteiger partial charge on any atom is 0.311 e. The maximum absolute atomic E-state index is 10.9. The molecule has 1 aromatic carbocycles. The molecular weight excluding hydrogens is 273 g/mol. The molecule has 16 heavy (non-hydrogen) atoms. The summed E-state index contributed by atoms with van der Waals surface area (Å²) in [7, 11) is 1.85. The van der Waals surface area contributed by atoms with E-state index in [1.807, 2.05) is 21.7 Å². The van der Waals surface area contributed by atoms with Gasteiger partial charge in [0.05, 0.1) is 10.4 Å². The molecule has 4 nitrogen and oxygen atoms in total. The van der Waals surface area contributed by atoms with Crippen LogP contribution in [0.4, 0.5) is 5.69 Å². The van der Waals surface area contributed by atoms with Crippen LogP contribution in [0.2, 0.25) is 0 Å². The normalized spacial score (nSPS) is 11.2. The van der Waals surface area contributed by atoms with Crippen LogP contribution in [0.1, 0.15) is 19.4 Å². The molecule has 0 unspecified atom stereocenters. The van der Waals surface area contributed by atoms with Crippen LogP contribution < -0.4 is 4.74 Å². The van der Waals surface area contributed by atoms with Crippen molar-refractivity contribution >= 4 is 29.5 Å². The van der Waals surface area contributed by atoms with Crippen molar-refractivity contribution in [1.82, 2.24) is 0 Å². The lowest BCUT2D eigenvalue weighted by Crippen LogP contribution is -2.28. The molecule has 0 fully saturated rings. The second kappa shape index (κ2) is 4.45. The molecule has 0 N–H and O–H groups in total. The predicted molar refractivity (Wildman–Crippen MR) is 68.8 cm³/mol. The molecule has 86 valence electrons. The van der Waals surface area contributed by atoms with Crippen LogP contribution >= 0.6 is 15.9 Å². The van der Waals surface area contributed by atoms with Gasteiger partial charge in [-0.25, -0.2) is 0 Å². The highest BCUT2D eigenvalue weighted by atomic mass is 79.9. The number of aryl methyl sites for hydroxylation is 1. The summed E-state index contributed by atoms with van der Waals surface area (Å²) >= 11 is 3.33. The number of nitro benzene ring substituents is 1. The zero-order chi connectivity index (χ0) is 12.5. The molecule has 0 bridgehead atoms. The van der Waals surface area contributed by atoms with Crippen LogP contribution in [0.5, 0.6) is 5.75 Å². The number of halogens is 1. The van der Waals surface area contributed by atoms with Gasteiger partial charge in [0.2, 0.25) is 0 Å². The van der Waals surface area contributed by atoms with Crippen LogP contribution in [0.25, 0.3) is 0 Å². The fourth-order valence-corrected chi connectivity index (χ4v) is 1.52. The fraction of sp³-hybridized carbons (Fsp3) is 0.400. The van der Waals surface area contributed by atoms with Crippen LogP contribution in [-0.2, 0) is 0 Å². The number of nitro groups is 1. The summed E-state index contributed by atoms with van der Waals surface area (Å²) in [5, 5.41) is 10.9. The standard InChI is InChI=1S/C10H13BBrNO3/c1-6-4-8(13(14)15)9(5-7(6)12)16-10(2,3)11/h4-5H,11H2,1-3H3. The maximum atomic E-state index is 10.9. The van der Waals surface area contributed by atoms with Gasteiger partial charge < -0.3 is 4.74 Å². The van der Waals surface area contributed by atoms with Gasteiger partial charge in [-0.1, -0.05) is 15.9 Å². The Morgan fingerprint density at radius 2 is 2.06 bits per heavy atom. The number of benzene rings is 1. The number of rotatable bonds is 3. The van der Waals surface area contributed by atoms with Crippen molar-refractivity contribution in [2.24, 2.45) is 0 Å². The fourth-order valence-electron chi connectivity index (χ4n) is 1.20. The lowest BCUT2D eigenvalue weighted by molar-refractivity contribution is -0.386. The van der Waals surface area contributed by atoms with Gasteiger partial charge >= 0.3 is 5.69 Å². The van der Waals surface area contributed by atoms with Crippen molar-refractivity contribution in [3.63, 3.8) is 0 Å². The molecule has 0 radical (unpaired) electrons. The average Bonchev–Trinajstić information content (AvgIpc) is 2.07. The Hall–Kier alpha value is -1.04. The number of nitrogens with zero attached hydrogens (tertiary/aromatic N) is 1. The molecule has 0 saturated heterocycles. The summed E-state index contributed by atoms with van der Waals surface area (Å²) in [5.74, 6) is 0.287. The van der Waals surface area contributed by atoms with Crippen molar-refractivity contribution in [2.75, 3.05) is 0 Å². The molecule has 6 heteroatoms.